The maximum absolute atomic E-state index is 12.3. The van der Waals surface area contributed by atoms with Gasteiger partial charge in [0, 0.05) is 24.6 Å². The Balaban J connectivity index is 2.76. The summed E-state index contributed by atoms with van der Waals surface area (Å²) in [5, 5.41) is -0.275. The summed E-state index contributed by atoms with van der Waals surface area (Å²) in [6.45, 7) is 5.28. The van der Waals surface area contributed by atoms with Gasteiger partial charge < -0.3 is 14.7 Å². The van der Waals surface area contributed by atoms with Crippen molar-refractivity contribution >= 4 is 30.4 Å². The zero-order chi connectivity index (χ0) is 14.8. The molecule has 1 rings (SSSR count). The van der Waals surface area contributed by atoms with E-state index in [-0.39, 0.29) is 16.3 Å². The number of rotatable bonds is 4. The van der Waals surface area contributed by atoms with Crippen LogP contribution in [-0.2, 0) is 14.2 Å². The lowest BCUT2D eigenvalue weighted by Crippen LogP contribution is -2.41. The first-order valence-corrected chi connectivity index (χ1v) is 8.73. The summed E-state index contributed by atoms with van der Waals surface area (Å²) < 4.78 is 11.4. The van der Waals surface area contributed by atoms with Crippen LogP contribution in [0.25, 0.3) is 0 Å². The highest BCUT2D eigenvalue weighted by Crippen LogP contribution is 2.48. The molecular weight excluding hydrogens is 289 g/mol. The van der Waals surface area contributed by atoms with E-state index in [9.17, 15) is 23.9 Å². The fourth-order valence-corrected chi connectivity index (χ4v) is 4.14. The van der Waals surface area contributed by atoms with Crippen molar-refractivity contribution < 1.29 is 23.9 Å². The van der Waals surface area contributed by atoms with Gasteiger partial charge in [0.15, 0.2) is 5.12 Å². The number of hydrogen-bond acceptors (Lipinski definition) is 4. The highest BCUT2D eigenvalue weighted by Gasteiger charge is 2.42. The van der Waals surface area contributed by atoms with E-state index in [2.05, 4.69) is 0 Å². The molecule has 0 spiro atoms. The van der Waals surface area contributed by atoms with Crippen molar-refractivity contribution in [2.45, 2.75) is 44.6 Å². The smallest absolute Gasteiger partial charge is 0.328 e. The van der Waals surface area contributed by atoms with E-state index in [1.54, 1.807) is 13.8 Å². The van der Waals surface area contributed by atoms with Gasteiger partial charge in [0.25, 0.3) is 0 Å². The van der Waals surface area contributed by atoms with Gasteiger partial charge in [0.2, 0.25) is 5.91 Å². The van der Waals surface area contributed by atoms with Gasteiger partial charge in [-0.1, -0.05) is 25.6 Å². The summed E-state index contributed by atoms with van der Waals surface area (Å²) in [4.78, 5) is 43.1. The fourth-order valence-electron chi connectivity index (χ4n) is 2.18. The molecule has 1 saturated heterocycles. The van der Waals surface area contributed by atoms with Crippen LogP contribution in [-0.4, -0.2) is 43.3 Å². The predicted octanol–water partition coefficient (Wildman–Crippen LogP) is 1.42. The first-order chi connectivity index (χ1) is 8.64. The minimum Gasteiger partial charge on any atom is -0.328 e. The Morgan fingerprint density at radius 2 is 1.95 bits per heavy atom. The SMILES string of the molecule is CC(=O)SC(C)C(C)C(=O)N1CCCC1P(=O)(O)O. The van der Waals surface area contributed by atoms with Crippen molar-refractivity contribution in [3.8, 4) is 0 Å². The number of likely N-dealkylation sites (tertiary alicyclic amines) is 1. The van der Waals surface area contributed by atoms with E-state index in [1.165, 1.54) is 11.8 Å². The molecular formula is C11H20NO5PS. The zero-order valence-corrected chi connectivity index (χ0v) is 13.0. The van der Waals surface area contributed by atoms with Crippen LogP contribution in [0.4, 0.5) is 0 Å². The van der Waals surface area contributed by atoms with Crippen molar-refractivity contribution in [2.24, 2.45) is 5.92 Å². The molecule has 0 radical (unpaired) electrons. The molecule has 1 aliphatic heterocycles. The van der Waals surface area contributed by atoms with Gasteiger partial charge in [-0.3, -0.25) is 14.2 Å². The number of carbonyl (C=O) groups is 2. The van der Waals surface area contributed by atoms with Crippen LogP contribution in [0, 0.1) is 5.92 Å². The van der Waals surface area contributed by atoms with Crippen molar-refractivity contribution in [2.75, 3.05) is 6.54 Å². The Morgan fingerprint density at radius 3 is 2.42 bits per heavy atom. The molecule has 19 heavy (non-hydrogen) atoms. The number of amides is 1. The molecule has 0 aromatic rings. The van der Waals surface area contributed by atoms with Gasteiger partial charge in [-0.2, -0.15) is 0 Å². The average molecular weight is 309 g/mol. The largest absolute Gasteiger partial charge is 0.347 e. The van der Waals surface area contributed by atoms with Crippen LogP contribution < -0.4 is 0 Å². The number of carbonyl (C=O) groups excluding carboxylic acids is 2. The first-order valence-electron chi connectivity index (χ1n) is 6.17. The minimum atomic E-state index is -4.29. The van der Waals surface area contributed by atoms with Gasteiger partial charge in [-0.25, -0.2) is 0 Å². The highest BCUT2D eigenvalue weighted by molar-refractivity contribution is 8.14. The lowest BCUT2D eigenvalue weighted by molar-refractivity contribution is -0.134. The van der Waals surface area contributed by atoms with E-state index in [0.29, 0.717) is 19.4 Å². The predicted molar refractivity (Wildman–Crippen MR) is 73.7 cm³/mol. The van der Waals surface area contributed by atoms with Crippen molar-refractivity contribution in [3.05, 3.63) is 0 Å². The average Bonchev–Trinajstić information content (AvgIpc) is 2.74. The second-order valence-electron chi connectivity index (χ2n) is 4.85. The van der Waals surface area contributed by atoms with Gasteiger partial charge in [0.05, 0.1) is 0 Å². The van der Waals surface area contributed by atoms with E-state index >= 15 is 0 Å². The van der Waals surface area contributed by atoms with E-state index < -0.39 is 19.3 Å². The van der Waals surface area contributed by atoms with Gasteiger partial charge >= 0.3 is 7.60 Å². The van der Waals surface area contributed by atoms with E-state index in [1.807, 2.05) is 0 Å². The molecule has 110 valence electrons. The maximum Gasteiger partial charge on any atom is 0.347 e. The molecule has 0 aromatic heterocycles. The quantitative estimate of drug-likeness (QED) is 0.763. The second kappa shape index (κ2) is 6.39. The number of nitrogens with zero attached hydrogens (tertiary/aromatic N) is 1. The van der Waals surface area contributed by atoms with E-state index in [4.69, 9.17) is 0 Å². The summed E-state index contributed by atoms with van der Waals surface area (Å²) in [6.07, 6.45) is 0.930. The summed E-state index contributed by atoms with van der Waals surface area (Å²) >= 11 is 1.08. The molecule has 0 saturated carbocycles. The lowest BCUT2D eigenvalue weighted by Gasteiger charge is -2.29. The standard InChI is InChI=1S/C11H20NO5PS/c1-7(8(2)19-9(3)13)11(14)12-6-4-5-10(12)18(15,16)17/h7-8,10H,4-6H2,1-3H3,(H2,15,16,17). The Hall–Kier alpha value is -0.360. The van der Waals surface area contributed by atoms with Crippen molar-refractivity contribution in [3.63, 3.8) is 0 Å². The Bertz CT molecular complexity index is 410. The third-order valence-corrected chi connectivity index (χ3v) is 5.76. The third-order valence-electron chi connectivity index (χ3n) is 3.34. The van der Waals surface area contributed by atoms with Crippen LogP contribution in [0.2, 0.25) is 0 Å². The van der Waals surface area contributed by atoms with Crippen molar-refractivity contribution in [1.82, 2.24) is 4.90 Å². The van der Waals surface area contributed by atoms with Gasteiger partial charge in [-0.05, 0) is 12.8 Å². The van der Waals surface area contributed by atoms with E-state index in [0.717, 1.165) is 11.8 Å². The summed E-state index contributed by atoms with van der Waals surface area (Å²) in [6, 6.07) is 0. The summed E-state index contributed by atoms with van der Waals surface area (Å²) in [7, 11) is -4.29. The zero-order valence-electron chi connectivity index (χ0n) is 11.3. The van der Waals surface area contributed by atoms with Crippen LogP contribution >= 0.6 is 19.4 Å². The lowest BCUT2D eigenvalue weighted by atomic mass is 10.1. The molecule has 0 bridgehead atoms. The number of hydrogen-bond donors (Lipinski definition) is 2. The van der Waals surface area contributed by atoms with Gasteiger partial charge in [0.1, 0.15) is 5.78 Å². The molecule has 3 unspecified atom stereocenters. The monoisotopic (exact) mass is 309 g/mol. The maximum atomic E-state index is 12.3. The third kappa shape index (κ3) is 4.31. The Kier molecular flexibility index (Phi) is 5.62. The molecule has 0 aromatic carbocycles. The molecule has 1 heterocycles. The van der Waals surface area contributed by atoms with Crippen LogP contribution in [0.5, 0.6) is 0 Å². The van der Waals surface area contributed by atoms with Crippen LogP contribution in [0.3, 0.4) is 0 Å². The summed E-state index contributed by atoms with van der Waals surface area (Å²) in [5.41, 5.74) is 0. The fraction of sp³-hybridized carbons (Fsp3) is 0.818. The topological polar surface area (TPSA) is 94.9 Å². The minimum absolute atomic E-state index is 0.0693. The molecule has 1 aliphatic rings. The molecule has 6 nitrogen and oxygen atoms in total. The molecule has 1 amide bonds. The highest BCUT2D eigenvalue weighted by atomic mass is 32.2. The molecule has 0 aliphatic carbocycles. The number of thioether (sulfide) groups is 1. The second-order valence-corrected chi connectivity index (χ2v) is 8.18. The van der Waals surface area contributed by atoms with Crippen LogP contribution in [0.1, 0.15) is 33.6 Å². The molecule has 1 fully saturated rings. The normalized spacial score (nSPS) is 23.2. The Labute approximate surface area is 117 Å². The molecule has 3 atom stereocenters. The first kappa shape index (κ1) is 16.7. The molecule has 2 N–H and O–H groups in total. The Morgan fingerprint density at radius 1 is 1.37 bits per heavy atom. The molecule has 8 heteroatoms. The van der Waals surface area contributed by atoms with Crippen molar-refractivity contribution in [1.29, 1.82) is 0 Å². The van der Waals surface area contributed by atoms with Crippen LogP contribution in [0.15, 0.2) is 0 Å². The van der Waals surface area contributed by atoms with Gasteiger partial charge in [-0.15, -0.1) is 0 Å². The summed E-state index contributed by atoms with van der Waals surface area (Å²) in [5.74, 6) is -1.73.